The van der Waals surface area contributed by atoms with Crippen LogP contribution in [-0.4, -0.2) is 18.2 Å². The number of hydrogen-bond acceptors (Lipinski definition) is 2. The minimum atomic E-state index is 0.127. The van der Waals surface area contributed by atoms with Crippen LogP contribution in [0.3, 0.4) is 0 Å². The summed E-state index contributed by atoms with van der Waals surface area (Å²) in [7, 11) is 2.19. The molecule has 1 fully saturated rings. The van der Waals surface area contributed by atoms with Crippen LogP contribution in [0.1, 0.15) is 45.1 Å². The SMILES string of the molecule is CN(c1ccc(CO)cc1)C1CCC(C)(C)CC1. The van der Waals surface area contributed by atoms with E-state index in [1.807, 2.05) is 12.1 Å². The molecule has 0 unspecified atom stereocenters. The monoisotopic (exact) mass is 247 g/mol. The minimum Gasteiger partial charge on any atom is -0.392 e. The highest BCUT2D eigenvalue weighted by Gasteiger charge is 2.28. The summed E-state index contributed by atoms with van der Waals surface area (Å²) in [6.07, 6.45) is 5.20. The van der Waals surface area contributed by atoms with Crippen LogP contribution in [0.5, 0.6) is 0 Å². The number of hydrogen-bond donors (Lipinski definition) is 1. The number of anilines is 1. The summed E-state index contributed by atoms with van der Waals surface area (Å²) in [6, 6.07) is 8.92. The van der Waals surface area contributed by atoms with E-state index in [2.05, 4.69) is 37.9 Å². The summed E-state index contributed by atoms with van der Waals surface area (Å²) in [5, 5.41) is 9.06. The van der Waals surface area contributed by atoms with Gasteiger partial charge in [0.1, 0.15) is 0 Å². The third-order valence-corrected chi connectivity index (χ3v) is 4.38. The van der Waals surface area contributed by atoms with Crippen LogP contribution >= 0.6 is 0 Å². The average Bonchev–Trinajstić information content (AvgIpc) is 2.38. The van der Waals surface area contributed by atoms with E-state index >= 15 is 0 Å². The van der Waals surface area contributed by atoms with E-state index in [1.54, 1.807) is 0 Å². The zero-order valence-corrected chi connectivity index (χ0v) is 11.8. The quantitative estimate of drug-likeness (QED) is 0.882. The molecule has 1 saturated carbocycles. The zero-order valence-electron chi connectivity index (χ0n) is 11.8. The molecule has 100 valence electrons. The molecular formula is C16H25NO. The Labute approximate surface area is 111 Å². The smallest absolute Gasteiger partial charge is 0.0681 e. The van der Waals surface area contributed by atoms with Crippen LogP contribution in [0.2, 0.25) is 0 Å². The van der Waals surface area contributed by atoms with Gasteiger partial charge in [0.05, 0.1) is 6.61 Å². The third-order valence-electron chi connectivity index (χ3n) is 4.38. The molecule has 1 aliphatic rings. The van der Waals surface area contributed by atoms with Gasteiger partial charge in [-0.1, -0.05) is 26.0 Å². The summed E-state index contributed by atoms with van der Waals surface area (Å²) in [4.78, 5) is 2.40. The second-order valence-electron chi connectivity index (χ2n) is 6.33. The average molecular weight is 247 g/mol. The van der Waals surface area contributed by atoms with Gasteiger partial charge in [-0.25, -0.2) is 0 Å². The largest absolute Gasteiger partial charge is 0.392 e. The van der Waals surface area contributed by atoms with Crippen molar-refractivity contribution in [3.8, 4) is 0 Å². The van der Waals surface area contributed by atoms with E-state index < -0.39 is 0 Å². The van der Waals surface area contributed by atoms with Crippen molar-refractivity contribution in [1.29, 1.82) is 0 Å². The molecule has 0 amide bonds. The van der Waals surface area contributed by atoms with Crippen LogP contribution in [0.15, 0.2) is 24.3 Å². The first-order valence-corrected chi connectivity index (χ1v) is 6.94. The zero-order chi connectivity index (χ0) is 13.2. The van der Waals surface area contributed by atoms with Crippen LogP contribution in [-0.2, 0) is 6.61 Å². The number of benzene rings is 1. The normalized spacial score (nSPS) is 19.8. The maximum Gasteiger partial charge on any atom is 0.0681 e. The second-order valence-corrected chi connectivity index (χ2v) is 6.33. The highest BCUT2D eigenvalue weighted by Crippen LogP contribution is 2.37. The molecule has 0 aliphatic heterocycles. The van der Waals surface area contributed by atoms with Gasteiger partial charge in [-0.2, -0.15) is 0 Å². The molecule has 0 aromatic heterocycles. The van der Waals surface area contributed by atoms with E-state index in [-0.39, 0.29) is 6.61 Å². The molecule has 2 nitrogen and oxygen atoms in total. The molecular weight excluding hydrogens is 222 g/mol. The molecule has 0 radical (unpaired) electrons. The van der Waals surface area contributed by atoms with E-state index in [4.69, 9.17) is 5.11 Å². The Morgan fingerprint density at radius 3 is 2.22 bits per heavy atom. The Kier molecular flexibility index (Phi) is 3.96. The van der Waals surface area contributed by atoms with E-state index in [0.717, 1.165) is 5.56 Å². The van der Waals surface area contributed by atoms with E-state index in [1.165, 1.54) is 31.4 Å². The van der Waals surface area contributed by atoms with Crippen LogP contribution in [0, 0.1) is 5.41 Å². The lowest BCUT2D eigenvalue weighted by atomic mass is 9.75. The van der Waals surface area contributed by atoms with E-state index in [0.29, 0.717) is 11.5 Å². The summed E-state index contributed by atoms with van der Waals surface area (Å²) >= 11 is 0. The first kappa shape index (κ1) is 13.4. The number of aliphatic hydroxyl groups excluding tert-OH is 1. The molecule has 1 aromatic rings. The fraction of sp³-hybridized carbons (Fsp3) is 0.625. The van der Waals surface area contributed by atoms with Crippen LogP contribution in [0.25, 0.3) is 0 Å². The third kappa shape index (κ3) is 3.05. The van der Waals surface area contributed by atoms with Gasteiger partial charge in [-0.15, -0.1) is 0 Å². The molecule has 0 heterocycles. The Bertz CT molecular complexity index is 373. The summed E-state index contributed by atoms with van der Waals surface area (Å²) in [5.41, 5.74) is 2.77. The van der Waals surface area contributed by atoms with Gasteiger partial charge in [-0.05, 0) is 48.8 Å². The highest BCUT2D eigenvalue weighted by atomic mass is 16.3. The minimum absolute atomic E-state index is 0.127. The number of rotatable bonds is 3. The van der Waals surface area contributed by atoms with Crippen molar-refractivity contribution in [1.82, 2.24) is 0 Å². The second kappa shape index (κ2) is 5.31. The summed E-state index contributed by atoms with van der Waals surface area (Å²) < 4.78 is 0. The predicted molar refractivity (Wildman–Crippen MR) is 76.8 cm³/mol. The molecule has 2 rings (SSSR count). The maximum absolute atomic E-state index is 9.06. The molecule has 1 N–H and O–H groups in total. The van der Waals surface area contributed by atoms with Crippen molar-refractivity contribution < 1.29 is 5.11 Å². The van der Waals surface area contributed by atoms with Crippen LogP contribution in [0.4, 0.5) is 5.69 Å². The van der Waals surface area contributed by atoms with Gasteiger partial charge in [0.15, 0.2) is 0 Å². The molecule has 2 heteroatoms. The fourth-order valence-corrected chi connectivity index (χ4v) is 2.82. The van der Waals surface area contributed by atoms with Gasteiger partial charge in [0.2, 0.25) is 0 Å². The Balaban J connectivity index is 2.00. The fourth-order valence-electron chi connectivity index (χ4n) is 2.82. The first-order chi connectivity index (χ1) is 8.52. The van der Waals surface area contributed by atoms with Gasteiger partial charge in [0, 0.05) is 18.8 Å². The Hall–Kier alpha value is -1.02. The molecule has 1 aliphatic carbocycles. The van der Waals surface area contributed by atoms with Gasteiger partial charge >= 0.3 is 0 Å². The van der Waals surface area contributed by atoms with Crippen molar-refractivity contribution in [3.05, 3.63) is 29.8 Å². The molecule has 0 spiro atoms. The predicted octanol–water partition coefficient (Wildman–Crippen LogP) is 3.58. The Morgan fingerprint density at radius 2 is 1.72 bits per heavy atom. The van der Waals surface area contributed by atoms with Crippen molar-refractivity contribution in [3.63, 3.8) is 0 Å². The van der Waals surface area contributed by atoms with Crippen molar-refractivity contribution in [2.24, 2.45) is 5.41 Å². The Morgan fingerprint density at radius 1 is 1.17 bits per heavy atom. The summed E-state index contributed by atoms with van der Waals surface area (Å²) in [5.74, 6) is 0. The number of aliphatic hydroxyl groups is 1. The molecule has 0 atom stereocenters. The standard InChI is InChI=1S/C16H25NO/c1-16(2)10-8-15(9-11-16)17(3)14-6-4-13(12-18)5-7-14/h4-7,15,18H,8-12H2,1-3H3. The molecule has 0 saturated heterocycles. The van der Waals surface area contributed by atoms with Gasteiger partial charge < -0.3 is 10.0 Å². The maximum atomic E-state index is 9.06. The van der Waals surface area contributed by atoms with Gasteiger partial charge in [0.25, 0.3) is 0 Å². The lowest BCUT2D eigenvalue weighted by Gasteiger charge is -2.39. The lowest BCUT2D eigenvalue weighted by molar-refractivity contribution is 0.222. The molecule has 0 bridgehead atoms. The number of nitrogens with zero attached hydrogens (tertiary/aromatic N) is 1. The lowest BCUT2D eigenvalue weighted by Crippen LogP contribution is -2.37. The van der Waals surface area contributed by atoms with Gasteiger partial charge in [-0.3, -0.25) is 0 Å². The van der Waals surface area contributed by atoms with Crippen LogP contribution < -0.4 is 4.90 Å². The molecule has 18 heavy (non-hydrogen) atoms. The first-order valence-electron chi connectivity index (χ1n) is 6.94. The van der Waals surface area contributed by atoms with Crippen molar-refractivity contribution >= 4 is 5.69 Å². The highest BCUT2D eigenvalue weighted by molar-refractivity contribution is 5.47. The van der Waals surface area contributed by atoms with Crippen molar-refractivity contribution in [2.75, 3.05) is 11.9 Å². The topological polar surface area (TPSA) is 23.5 Å². The summed E-state index contributed by atoms with van der Waals surface area (Å²) in [6.45, 7) is 4.88. The van der Waals surface area contributed by atoms with Crippen molar-refractivity contribution in [2.45, 2.75) is 52.2 Å². The molecule has 1 aromatic carbocycles. The van der Waals surface area contributed by atoms with E-state index in [9.17, 15) is 0 Å².